The Kier molecular flexibility index (Phi) is 11.2. The van der Waals surface area contributed by atoms with Gasteiger partial charge in [-0.25, -0.2) is 0 Å². The van der Waals surface area contributed by atoms with E-state index in [9.17, 15) is 23.2 Å². The first-order valence-corrected chi connectivity index (χ1v) is 12.4. The molecule has 36 heavy (non-hydrogen) atoms. The van der Waals surface area contributed by atoms with Crippen molar-refractivity contribution in [2.24, 2.45) is 16.5 Å². The minimum Gasteiger partial charge on any atom is -0.370 e. The lowest BCUT2D eigenvalue weighted by molar-refractivity contribution is -0.149. The number of likely N-dealkylation sites (N-methyl/N-ethyl adjacent to an activating group) is 1. The van der Waals surface area contributed by atoms with Crippen molar-refractivity contribution in [3.63, 3.8) is 0 Å². The van der Waals surface area contributed by atoms with Crippen LogP contribution in [0.5, 0.6) is 0 Å². The lowest BCUT2D eigenvalue weighted by Gasteiger charge is -2.30. The van der Waals surface area contributed by atoms with Crippen LogP contribution < -0.4 is 22.1 Å². The Hall–Kier alpha value is -3.08. The molecule has 1 fully saturated rings. The summed E-state index contributed by atoms with van der Waals surface area (Å²) >= 11 is 0. The highest BCUT2D eigenvalue weighted by Gasteiger charge is 2.44. The maximum absolute atomic E-state index is 14.5. The minimum absolute atomic E-state index is 0.0472. The quantitative estimate of drug-likeness (QED) is 0.170. The van der Waals surface area contributed by atoms with E-state index in [4.69, 9.17) is 11.5 Å². The molecule has 200 valence electrons. The zero-order chi connectivity index (χ0) is 26.7. The molecule has 0 aromatic heterocycles. The summed E-state index contributed by atoms with van der Waals surface area (Å²) in [7, 11) is 1.68. The fourth-order valence-electron chi connectivity index (χ4n) is 4.40. The molecule has 0 saturated carbocycles. The molecule has 1 aliphatic rings. The van der Waals surface area contributed by atoms with Gasteiger partial charge in [0.2, 0.25) is 17.6 Å². The fraction of sp³-hybridized carbons (Fsp3) is 0.600. The van der Waals surface area contributed by atoms with Gasteiger partial charge in [0.1, 0.15) is 6.04 Å². The Balaban J connectivity index is 2.13. The van der Waals surface area contributed by atoms with Crippen molar-refractivity contribution in [1.82, 2.24) is 15.5 Å². The maximum atomic E-state index is 14.5. The molecule has 2 rings (SSSR count). The average molecular weight is 509 g/mol. The second-order valence-electron chi connectivity index (χ2n) is 9.05. The van der Waals surface area contributed by atoms with Crippen LogP contribution in [0.1, 0.15) is 51.0 Å². The summed E-state index contributed by atoms with van der Waals surface area (Å²) in [6.45, 7) is 2.07. The smallest absolute Gasteiger partial charge is 0.307 e. The number of rotatable bonds is 14. The van der Waals surface area contributed by atoms with Gasteiger partial charge in [0.25, 0.3) is 0 Å². The molecular formula is C25H38F2N6O3. The molecule has 0 aliphatic carbocycles. The van der Waals surface area contributed by atoms with Crippen molar-refractivity contribution < 1.29 is 23.2 Å². The van der Waals surface area contributed by atoms with Gasteiger partial charge >= 0.3 is 5.92 Å². The van der Waals surface area contributed by atoms with E-state index < -0.39 is 42.2 Å². The van der Waals surface area contributed by atoms with E-state index in [1.807, 2.05) is 30.3 Å². The molecule has 2 amide bonds. The van der Waals surface area contributed by atoms with E-state index in [0.29, 0.717) is 25.8 Å². The molecule has 3 atom stereocenters. The second-order valence-corrected chi connectivity index (χ2v) is 9.05. The van der Waals surface area contributed by atoms with E-state index >= 15 is 0 Å². The number of aliphatic imine (C=N–C) groups is 1. The summed E-state index contributed by atoms with van der Waals surface area (Å²) in [4.78, 5) is 44.4. The van der Waals surface area contributed by atoms with Crippen molar-refractivity contribution in [2.75, 3.05) is 20.1 Å². The summed E-state index contributed by atoms with van der Waals surface area (Å²) in [5.74, 6) is -5.90. The van der Waals surface area contributed by atoms with Gasteiger partial charge in [-0.2, -0.15) is 8.78 Å². The minimum atomic E-state index is -3.57. The topological polar surface area (TPSA) is 143 Å². The number of nitrogens with one attached hydrogen (secondary N) is 2. The SMILES string of the molecule is CCCC(F)(F)C(=O)C(CCCN=C(N)N)NC(=O)[C@@H]1CCCN1C(=O)[C@@H](Cc1ccccc1)NC. The van der Waals surface area contributed by atoms with Crippen LogP contribution in [0.25, 0.3) is 0 Å². The number of Topliss-reactive ketones (excluding diaryl/α,β-unsaturated/α-hetero) is 1. The van der Waals surface area contributed by atoms with Gasteiger partial charge in [0.15, 0.2) is 5.96 Å². The van der Waals surface area contributed by atoms with Crippen LogP contribution in [-0.4, -0.2) is 72.6 Å². The van der Waals surface area contributed by atoms with Crippen LogP contribution in [0, 0.1) is 0 Å². The van der Waals surface area contributed by atoms with Crippen LogP contribution in [0.2, 0.25) is 0 Å². The number of alkyl halides is 2. The number of amides is 2. The summed E-state index contributed by atoms with van der Waals surface area (Å²) < 4.78 is 28.9. The number of guanidine groups is 1. The summed E-state index contributed by atoms with van der Waals surface area (Å²) in [6.07, 6.45) is 1.11. The Labute approximate surface area is 211 Å². The summed E-state index contributed by atoms with van der Waals surface area (Å²) in [5.41, 5.74) is 11.6. The number of likely N-dealkylation sites (tertiary alicyclic amines) is 1. The van der Waals surface area contributed by atoms with Gasteiger partial charge < -0.3 is 27.0 Å². The molecule has 11 heteroatoms. The fourth-order valence-corrected chi connectivity index (χ4v) is 4.40. The van der Waals surface area contributed by atoms with Crippen molar-refractivity contribution in [3.8, 4) is 0 Å². The Morgan fingerprint density at radius 2 is 1.89 bits per heavy atom. The molecule has 1 unspecified atom stereocenters. The Bertz CT molecular complexity index is 908. The van der Waals surface area contributed by atoms with E-state index in [2.05, 4.69) is 15.6 Å². The standard InChI is InChI=1S/C25H38F2N6O3/c1-3-13-25(26,27)21(34)18(11-7-14-31-24(28)29)32-22(35)20-12-8-15-33(20)23(36)19(30-2)16-17-9-5-4-6-10-17/h4-6,9-10,18-20,30H,3,7-8,11-16H2,1-2H3,(H,32,35)(H4,28,29,31)/t18?,19-,20+/m1/s1. The van der Waals surface area contributed by atoms with Crippen molar-refractivity contribution in [3.05, 3.63) is 35.9 Å². The highest BCUT2D eigenvalue weighted by Crippen LogP contribution is 2.25. The van der Waals surface area contributed by atoms with E-state index in [1.165, 1.54) is 4.90 Å². The molecular weight excluding hydrogens is 470 g/mol. The molecule has 1 aromatic carbocycles. The molecule has 1 saturated heterocycles. The first-order chi connectivity index (χ1) is 17.1. The van der Waals surface area contributed by atoms with Gasteiger partial charge in [-0.05, 0) is 51.1 Å². The number of hydrogen-bond acceptors (Lipinski definition) is 5. The van der Waals surface area contributed by atoms with Crippen LogP contribution in [0.4, 0.5) is 8.78 Å². The zero-order valence-corrected chi connectivity index (χ0v) is 21.0. The van der Waals surface area contributed by atoms with Crippen molar-refractivity contribution >= 4 is 23.6 Å². The number of nitrogens with two attached hydrogens (primary N) is 2. The summed E-state index contributed by atoms with van der Waals surface area (Å²) in [5, 5.41) is 5.52. The van der Waals surface area contributed by atoms with Crippen molar-refractivity contribution in [1.29, 1.82) is 0 Å². The monoisotopic (exact) mass is 508 g/mol. The highest BCUT2D eigenvalue weighted by atomic mass is 19.3. The lowest BCUT2D eigenvalue weighted by atomic mass is 9.98. The third-order valence-electron chi connectivity index (χ3n) is 6.27. The summed E-state index contributed by atoms with van der Waals surface area (Å²) in [6, 6.07) is 6.70. The van der Waals surface area contributed by atoms with E-state index in [-0.39, 0.29) is 37.7 Å². The van der Waals surface area contributed by atoms with Gasteiger partial charge in [-0.15, -0.1) is 0 Å². The molecule has 0 spiro atoms. The number of benzene rings is 1. The normalized spacial score (nSPS) is 17.3. The molecule has 1 aromatic rings. The molecule has 0 radical (unpaired) electrons. The predicted molar refractivity (Wildman–Crippen MR) is 134 cm³/mol. The number of ketones is 1. The number of nitrogens with zero attached hydrogens (tertiary/aromatic N) is 2. The number of hydrogen-bond donors (Lipinski definition) is 4. The van der Waals surface area contributed by atoms with Crippen LogP contribution in [0.3, 0.4) is 0 Å². The lowest BCUT2D eigenvalue weighted by Crippen LogP contribution is -2.56. The Morgan fingerprint density at radius 1 is 1.19 bits per heavy atom. The average Bonchev–Trinajstić information content (AvgIpc) is 3.34. The van der Waals surface area contributed by atoms with Gasteiger partial charge in [-0.3, -0.25) is 19.4 Å². The van der Waals surface area contributed by atoms with Crippen LogP contribution in [-0.2, 0) is 20.8 Å². The number of carbonyl (C=O) groups is 3. The van der Waals surface area contributed by atoms with Crippen LogP contribution in [0.15, 0.2) is 35.3 Å². The molecule has 6 N–H and O–H groups in total. The largest absolute Gasteiger partial charge is 0.370 e. The third kappa shape index (κ3) is 8.25. The van der Waals surface area contributed by atoms with Gasteiger partial charge in [-0.1, -0.05) is 37.3 Å². The molecule has 1 heterocycles. The first kappa shape index (κ1) is 29.2. The van der Waals surface area contributed by atoms with Gasteiger partial charge in [0, 0.05) is 19.5 Å². The maximum Gasteiger partial charge on any atom is 0.307 e. The third-order valence-corrected chi connectivity index (χ3v) is 6.27. The van der Waals surface area contributed by atoms with E-state index in [1.54, 1.807) is 14.0 Å². The van der Waals surface area contributed by atoms with E-state index in [0.717, 1.165) is 5.56 Å². The number of carbonyl (C=O) groups excluding carboxylic acids is 3. The molecule has 1 aliphatic heterocycles. The second kappa shape index (κ2) is 13.9. The first-order valence-electron chi connectivity index (χ1n) is 12.4. The molecule has 0 bridgehead atoms. The van der Waals surface area contributed by atoms with Crippen LogP contribution >= 0.6 is 0 Å². The van der Waals surface area contributed by atoms with Crippen molar-refractivity contribution in [2.45, 2.75) is 75.9 Å². The predicted octanol–water partition coefficient (Wildman–Crippen LogP) is 1.35. The molecule has 9 nitrogen and oxygen atoms in total. The zero-order valence-electron chi connectivity index (χ0n) is 21.0. The Morgan fingerprint density at radius 3 is 2.50 bits per heavy atom. The van der Waals surface area contributed by atoms with Gasteiger partial charge in [0.05, 0.1) is 12.1 Å². The highest BCUT2D eigenvalue weighted by molar-refractivity contribution is 5.96. The number of halogens is 2.